The zero-order chi connectivity index (χ0) is 9.68. The molecule has 0 bridgehead atoms. The van der Waals surface area contributed by atoms with Crippen molar-refractivity contribution >= 4 is 27.7 Å². The van der Waals surface area contributed by atoms with Crippen LogP contribution in [0, 0.1) is 11.8 Å². The maximum atomic E-state index is 4.06. The van der Waals surface area contributed by atoms with E-state index in [1.807, 2.05) is 0 Å². The molecule has 0 aromatic carbocycles. The topological polar surface area (TPSA) is 41.6 Å². The van der Waals surface area contributed by atoms with Gasteiger partial charge in [-0.3, -0.25) is 5.10 Å². The molecule has 0 aliphatic rings. The SMILES string of the molecule is CC(C)C(CBr)CSc1ncn[nH]1. The van der Waals surface area contributed by atoms with E-state index in [1.165, 1.54) is 0 Å². The van der Waals surface area contributed by atoms with Crippen molar-refractivity contribution in [3.63, 3.8) is 0 Å². The lowest BCUT2D eigenvalue weighted by atomic mass is 10.0. The number of rotatable bonds is 5. The highest BCUT2D eigenvalue weighted by Gasteiger charge is 2.12. The molecule has 1 aromatic heterocycles. The number of hydrogen-bond donors (Lipinski definition) is 1. The fourth-order valence-electron chi connectivity index (χ4n) is 0.865. The van der Waals surface area contributed by atoms with Gasteiger partial charge in [-0.25, -0.2) is 4.98 Å². The van der Waals surface area contributed by atoms with Crippen LogP contribution in [0.25, 0.3) is 0 Å². The Labute approximate surface area is 91.2 Å². The van der Waals surface area contributed by atoms with E-state index in [4.69, 9.17) is 0 Å². The molecule has 0 saturated heterocycles. The summed E-state index contributed by atoms with van der Waals surface area (Å²) in [7, 11) is 0. The molecule has 0 fully saturated rings. The molecule has 0 aliphatic carbocycles. The second-order valence-corrected chi connectivity index (χ2v) is 4.92. The number of nitrogens with one attached hydrogen (secondary N) is 1. The largest absolute Gasteiger partial charge is 0.254 e. The summed E-state index contributed by atoms with van der Waals surface area (Å²) in [4.78, 5) is 4.06. The first-order valence-corrected chi connectivity index (χ1v) is 6.39. The molecule has 1 aromatic rings. The van der Waals surface area contributed by atoms with Crippen molar-refractivity contribution in [1.82, 2.24) is 15.2 Å². The van der Waals surface area contributed by atoms with Crippen molar-refractivity contribution in [1.29, 1.82) is 0 Å². The van der Waals surface area contributed by atoms with E-state index in [9.17, 15) is 0 Å². The van der Waals surface area contributed by atoms with Crippen molar-refractivity contribution in [2.24, 2.45) is 11.8 Å². The van der Waals surface area contributed by atoms with E-state index >= 15 is 0 Å². The van der Waals surface area contributed by atoms with Gasteiger partial charge in [0.05, 0.1) is 0 Å². The van der Waals surface area contributed by atoms with Gasteiger partial charge in [-0.15, -0.1) is 0 Å². The molecule has 0 spiro atoms. The summed E-state index contributed by atoms with van der Waals surface area (Å²) in [5, 5.41) is 8.60. The monoisotopic (exact) mass is 263 g/mol. The number of H-pyrrole nitrogens is 1. The number of aromatic amines is 1. The lowest BCUT2D eigenvalue weighted by Gasteiger charge is -2.16. The summed E-state index contributed by atoms with van der Waals surface area (Å²) in [5.74, 6) is 2.47. The Balaban J connectivity index is 2.32. The van der Waals surface area contributed by atoms with Gasteiger partial charge >= 0.3 is 0 Å². The lowest BCUT2D eigenvalue weighted by Crippen LogP contribution is -2.12. The van der Waals surface area contributed by atoms with E-state index in [0.717, 1.165) is 16.2 Å². The maximum absolute atomic E-state index is 4.06. The van der Waals surface area contributed by atoms with E-state index in [0.29, 0.717) is 11.8 Å². The number of alkyl halides is 1. The van der Waals surface area contributed by atoms with Crippen LogP contribution < -0.4 is 0 Å². The molecule has 1 atom stereocenters. The Morgan fingerprint density at radius 2 is 2.38 bits per heavy atom. The third-order valence-corrected chi connectivity index (χ3v) is 3.86. The molecule has 1 N–H and O–H groups in total. The minimum Gasteiger partial charge on any atom is -0.254 e. The van der Waals surface area contributed by atoms with Crippen LogP contribution in [0.4, 0.5) is 0 Å². The molecule has 0 amide bonds. The fraction of sp³-hybridized carbons (Fsp3) is 0.750. The van der Waals surface area contributed by atoms with Crippen LogP contribution in [-0.4, -0.2) is 26.3 Å². The van der Waals surface area contributed by atoms with Gasteiger partial charge in [0.1, 0.15) is 6.33 Å². The molecule has 13 heavy (non-hydrogen) atoms. The molecular formula is C8H14BrN3S. The van der Waals surface area contributed by atoms with Gasteiger partial charge in [0.15, 0.2) is 5.16 Å². The summed E-state index contributed by atoms with van der Waals surface area (Å²) < 4.78 is 0. The van der Waals surface area contributed by atoms with Gasteiger partial charge < -0.3 is 0 Å². The average molecular weight is 264 g/mol. The van der Waals surface area contributed by atoms with Crippen LogP contribution in [0.3, 0.4) is 0 Å². The van der Waals surface area contributed by atoms with Crippen molar-refractivity contribution in [2.45, 2.75) is 19.0 Å². The summed E-state index contributed by atoms with van der Waals surface area (Å²) in [6.07, 6.45) is 1.54. The predicted octanol–water partition coefficient (Wildman–Crippen LogP) is 2.56. The number of hydrogen-bond acceptors (Lipinski definition) is 3. The summed E-state index contributed by atoms with van der Waals surface area (Å²) in [6.45, 7) is 4.49. The maximum Gasteiger partial charge on any atom is 0.183 e. The van der Waals surface area contributed by atoms with Gasteiger partial charge in [-0.2, -0.15) is 5.10 Å². The Hall–Kier alpha value is -0.0300. The van der Waals surface area contributed by atoms with Crippen LogP contribution in [0.2, 0.25) is 0 Å². The first kappa shape index (κ1) is 11.0. The minimum absolute atomic E-state index is 0.690. The van der Waals surface area contributed by atoms with E-state index in [-0.39, 0.29) is 0 Å². The number of aromatic nitrogens is 3. The third kappa shape index (κ3) is 3.68. The molecule has 0 saturated carbocycles. The lowest BCUT2D eigenvalue weighted by molar-refractivity contribution is 0.474. The first-order valence-electron chi connectivity index (χ1n) is 4.28. The second kappa shape index (κ2) is 5.65. The van der Waals surface area contributed by atoms with E-state index < -0.39 is 0 Å². The average Bonchev–Trinajstić information content (AvgIpc) is 2.57. The Morgan fingerprint density at radius 1 is 1.62 bits per heavy atom. The quantitative estimate of drug-likeness (QED) is 0.656. The van der Waals surface area contributed by atoms with Gasteiger partial charge in [-0.05, 0) is 11.8 Å². The number of nitrogens with zero attached hydrogens (tertiary/aromatic N) is 2. The molecule has 74 valence electrons. The van der Waals surface area contributed by atoms with Crippen LogP contribution >= 0.6 is 27.7 Å². The zero-order valence-corrected chi connectivity index (χ0v) is 10.2. The van der Waals surface area contributed by atoms with Gasteiger partial charge in [0.2, 0.25) is 0 Å². The molecule has 1 unspecified atom stereocenters. The molecule has 1 heterocycles. The van der Waals surface area contributed by atoms with Crippen LogP contribution in [0.5, 0.6) is 0 Å². The zero-order valence-electron chi connectivity index (χ0n) is 7.83. The smallest absolute Gasteiger partial charge is 0.183 e. The first-order chi connectivity index (χ1) is 6.24. The summed E-state index contributed by atoms with van der Waals surface area (Å²) >= 11 is 5.25. The van der Waals surface area contributed by atoms with Gasteiger partial charge in [0, 0.05) is 11.1 Å². The Morgan fingerprint density at radius 3 is 2.85 bits per heavy atom. The molecule has 5 heteroatoms. The van der Waals surface area contributed by atoms with Crippen LogP contribution in [-0.2, 0) is 0 Å². The summed E-state index contributed by atoms with van der Waals surface area (Å²) in [5.41, 5.74) is 0. The highest BCUT2D eigenvalue weighted by atomic mass is 79.9. The van der Waals surface area contributed by atoms with Crippen molar-refractivity contribution in [3.8, 4) is 0 Å². The van der Waals surface area contributed by atoms with E-state index in [1.54, 1.807) is 18.1 Å². The van der Waals surface area contributed by atoms with Crippen LogP contribution in [0.1, 0.15) is 13.8 Å². The van der Waals surface area contributed by atoms with Crippen molar-refractivity contribution in [2.75, 3.05) is 11.1 Å². The fourth-order valence-corrected chi connectivity index (χ4v) is 3.26. The third-order valence-electron chi connectivity index (χ3n) is 1.97. The highest BCUT2D eigenvalue weighted by Crippen LogP contribution is 2.22. The molecule has 1 rings (SSSR count). The predicted molar refractivity (Wildman–Crippen MR) is 59.2 cm³/mol. The second-order valence-electron chi connectivity index (χ2n) is 3.26. The normalized spacial score (nSPS) is 13.5. The Kier molecular flexibility index (Phi) is 4.80. The molecule has 0 aliphatic heterocycles. The number of halogens is 1. The Bertz CT molecular complexity index is 225. The van der Waals surface area contributed by atoms with Crippen LogP contribution in [0.15, 0.2) is 11.5 Å². The van der Waals surface area contributed by atoms with E-state index in [2.05, 4.69) is 45.0 Å². The molecular weight excluding hydrogens is 250 g/mol. The van der Waals surface area contributed by atoms with Gasteiger partial charge in [-0.1, -0.05) is 41.5 Å². The van der Waals surface area contributed by atoms with Crippen molar-refractivity contribution in [3.05, 3.63) is 6.33 Å². The standard InChI is InChI=1S/C8H14BrN3S/c1-6(2)7(3-9)4-13-8-10-5-11-12-8/h5-7H,3-4H2,1-2H3,(H,10,11,12). The van der Waals surface area contributed by atoms with Crippen molar-refractivity contribution < 1.29 is 0 Å². The van der Waals surface area contributed by atoms with Gasteiger partial charge in [0.25, 0.3) is 0 Å². The molecule has 3 nitrogen and oxygen atoms in total. The number of thioether (sulfide) groups is 1. The highest BCUT2D eigenvalue weighted by molar-refractivity contribution is 9.09. The minimum atomic E-state index is 0.690. The summed E-state index contributed by atoms with van der Waals surface area (Å²) in [6, 6.07) is 0. The molecule has 0 radical (unpaired) electrons.